The van der Waals surface area contributed by atoms with Crippen molar-refractivity contribution in [1.82, 2.24) is 0 Å². The fraction of sp³-hybridized carbons (Fsp3) is 0.700. The van der Waals surface area contributed by atoms with E-state index in [2.05, 4.69) is 12.3 Å². The number of rotatable bonds is 6. The second kappa shape index (κ2) is 6.96. The van der Waals surface area contributed by atoms with Crippen LogP contribution < -0.4 is 0 Å². The van der Waals surface area contributed by atoms with Gasteiger partial charge in [-0.2, -0.15) is 0 Å². The molecule has 0 N–H and O–H groups in total. The van der Waals surface area contributed by atoms with Crippen molar-refractivity contribution in [3.8, 4) is 0 Å². The van der Waals surface area contributed by atoms with E-state index in [0.29, 0.717) is 6.32 Å². The van der Waals surface area contributed by atoms with Gasteiger partial charge in [-0.25, -0.2) is 0 Å². The summed E-state index contributed by atoms with van der Waals surface area (Å²) in [5.41, 5.74) is 2.71. The van der Waals surface area contributed by atoms with Crippen molar-refractivity contribution in [3.63, 3.8) is 0 Å². The second-order valence-corrected chi connectivity index (χ2v) is 3.44. The summed E-state index contributed by atoms with van der Waals surface area (Å²) in [4.78, 5) is 0. The van der Waals surface area contributed by atoms with Gasteiger partial charge in [0.1, 0.15) is 0 Å². The SMILES string of the molecule is C=C=CCB(OC(C)C)OC(C)C. The first kappa shape index (κ1) is 12.5. The monoisotopic (exact) mass is 182 g/mol. The van der Waals surface area contributed by atoms with Gasteiger partial charge < -0.3 is 9.31 Å². The minimum Gasteiger partial charge on any atom is -0.409 e. The van der Waals surface area contributed by atoms with Crippen molar-refractivity contribution in [2.24, 2.45) is 0 Å². The molecule has 0 bridgehead atoms. The topological polar surface area (TPSA) is 18.5 Å². The number of hydrogen-bond acceptors (Lipinski definition) is 2. The molecule has 0 aliphatic heterocycles. The third-order valence-electron chi connectivity index (χ3n) is 1.30. The van der Waals surface area contributed by atoms with E-state index in [1.54, 1.807) is 0 Å². The summed E-state index contributed by atoms with van der Waals surface area (Å²) in [7, 11) is -0.172. The molecule has 0 heterocycles. The number of allylic oxidation sites excluding steroid dienone is 1. The average Bonchev–Trinajstić information content (AvgIpc) is 1.98. The van der Waals surface area contributed by atoms with Crippen molar-refractivity contribution < 1.29 is 9.31 Å². The minimum atomic E-state index is -0.172. The molecular weight excluding hydrogens is 163 g/mol. The third kappa shape index (κ3) is 7.85. The lowest BCUT2D eigenvalue weighted by molar-refractivity contribution is 0.132. The van der Waals surface area contributed by atoms with E-state index >= 15 is 0 Å². The van der Waals surface area contributed by atoms with Crippen LogP contribution in [0.5, 0.6) is 0 Å². The summed E-state index contributed by atoms with van der Waals surface area (Å²) in [6.07, 6.45) is 2.90. The van der Waals surface area contributed by atoms with Gasteiger partial charge >= 0.3 is 7.12 Å². The number of hydrogen-bond donors (Lipinski definition) is 0. The molecule has 0 spiro atoms. The first-order valence-electron chi connectivity index (χ1n) is 4.71. The van der Waals surface area contributed by atoms with Crippen molar-refractivity contribution in [2.45, 2.75) is 46.2 Å². The fourth-order valence-corrected chi connectivity index (χ4v) is 0.930. The van der Waals surface area contributed by atoms with Gasteiger partial charge in [0.05, 0.1) is 0 Å². The quantitative estimate of drug-likeness (QED) is 0.464. The largest absolute Gasteiger partial charge is 0.461 e. The molecule has 0 unspecified atom stereocenters. The van der Waals surface area contributed by atoms with Crippen molar-refractivity contribution in [1.29, 1.82) is 0 Å². The zero-order chi connectivity index (χ0) is 10.3. The molecule has 0 aromatic rings. The maximum absolute atomic E-state index is 5.54. The zero-order valence-electron chi connectivity index (χ0n) is 9.04. The Morgan fingerprint density at radius 2 is 1.69 bits per heavy atom. The molecule has 0 aliphatic carbocycles. The molecule has 0 amide bonds. The van der Waals surface area contributed by atoms with Gasteiger partial charge in [-0.1, -0.05) is 6.58 Å². The Balaban J connectivity index is 3.94. The standard InChI is InChI=1S/C10H19BO2/c1-6-7-8-11(12-9(2)3)13-10(4)5/h7,9-10H,1,8H2,2-5H3. The van der Waals surface area contributed by atoms with E-state index in [1.165, 1.54) is 0 Å². The Morgan fingerprint density at radius 3 is 2.00 bits per heavy atom. The van der Waals surface area contributed by atoms with Gasteiger partial charge in [0.15, 0.2) is 0 Å². The summed E-state index contributed by atoms with van der Waals surface area (Å²) < 4.78 is 11.1. The van der Waals surface area contributed by atoms with E-state index in [4.69, 9.17) is 9.31 Å². The normalized spacial score (nSPS) is 10.3. The molecule has 0 aromatic heterocycles. The fourth-order valence-electron chi connectivity index (χ4n) is 0.930. The Bertz CT molecular complexity index is 162. The molecular formula is C10H19BO2. The molecule has 0 aliphatic rings. The van der Waals surface area contributed by atoms with E-state index in [9.17, 15) is 0 Å². The van der Waals surface area contributed by atoms with Crippen LogP contribution in [0.25, 0.3) is 0 Å². The molecule has 0 saturated carbocycles. The van der Waals surface area contributed by atoms with Crippen LogP contribution in [0.1, 0.15) is 27.7 Å². The Hall–Kier alpha value is -0.495. The van der Waals surface area contributed by atoms with Crippen molar-refractivity contribution >= 4 is 7.12 Å². The predicted octanol–water partition coefficient (Wildman–Crippen LogP) is 2.67. The molecule has 0 fully saturated rings. The Kier molecular flexibility index (Phi) is 6.70. The maximum atomic E-state index is 5.54. The average molecular weight is 182 g/mol. The van der Waals surface area contributed by atoms with Crippen molar-refractivity contribution in [2.75, 3.05) is 0 Å². The lowest BCUT2D eigenvalue weighted by atomic mass is 9.84. The first-order valence-corrected chi connectivity index (χ1v) is 4.71. The highest BCUT2D eigenvalue weighted by Gasteiger charge is 2.19. The molecule has 13 heavy (non-hydrogen) atoms. The third-order valence-corrected chi connectivity index (χ3v) is 1.30. The Labute approximate surface area is 81.8 Å². The zero-order valence-corrected chi connectivity index (χ0v) is 9.04. The van der Waals surface area contributed by atoms with E-state index in [0.717, 1.165) is 0 Å². The molecule has 0 rings (SSSR count). The highest BCUT2D eigenvalue weighted by molar-refractivity contribution is 6.45. The van der Waals surface area contributed by atoms with Gasteiger partial charge in [-0.15, -0.1) is 5.73 Å². The van der Waals surface area contributed by atoms with Crippen LogP contribution in [0.3, 0.4) is 0 Å². The summed E-state index contributed by atoms with van der Waals surface area (Å²) in [6.45, 7) is 11.5. The maximum Gasteiger partial charge on any atom is 0.461 e. The highest BCUT2D eigenvalue weighted by atomic mass is 16.6. The van der Waals surface area contributed by atoms with Gasteiger partial charge in [-0.05, 0) is 33.8 Å². The van der Waals surface area contributed by atoms with Gasteiger partial charge in [0.2, 0.25) is 0 Å². The first-order chi connectivity index (χ1) is 6.06. The lowest BCUT2D eigenvalue weighted by Gasteiger charge is -2.18. The Morgan fingerprint density at radius 1 is 1.23 bits per heavy atom. The lowest BCUT2D eigenvalue weighted by Crippen LogP contribution is -2.28. The molecule has 3 heteroatoms. The van der Waals surface area contributed by atoms with Crippen LogP contribution in [-0.4, -0.2) is 19.3 Å². The predicted molar refractivity (Wildman–Crippen MR) is 56.7 cm³/mol. The van der Waals surface area contributed by atoms with Crippen LogP contribution in [0, 0.1) is 0 Å². The molecule has 2 nitrogen and oxygen atoms in total. The van der Waals surface area contributed by atoms with E-state index in [1.807, 2.05) is 33.8 Å². The molecule has 0 atom stereocenters. The summed E-state index contributed by atoms with van der Waals surface area (Å²) in [5, 5.41) is 0. The van der Waals surface area contributed by atoms with Gasteiger partial charge in [0, 0.05) is 18.5 Å². The van der Waals surface area contributed by atoms with Crippen LogP contribution in [0.4, 0.5) is 0 Å². The molecule has 0 aromatic carbocycles. The van der Waals surface area contributed by atoms with Crippen LogP contribution >= 0.6 is 0 Å². The van der Waals surface area contributed by atoms with Crippen LogP contribution in [0.15, 0.2) is 18.4 Å². The molecule has 74 valence electrons. The molecule has 0 saturated heterocycles. The smallest absolute Gasteiger partial charge is 0.409 e. The second-order valence-electron chi connectivity index (χ2n) is 3.44. The molecule has 0 radical (unpaired) electrons. The van der Waals surface area contributed by atoms with Gasteiger partial charge in [-0.3, -0.25) is 0 Å². The summed E-state index contributed by atoms with van der Waals surface area (Å²) >= 11 is 0. The highest BCUT2D eigenvalue weighted by Crippen LogP contribution is 2.05. The van der Waals surface area contributed by atoms with Crippen LogP contribution in [0.2, 0.25) is 6.32 Å². The minimum absolute atomic E-state index is 0.172. The van der Waals surface area contributed by atoms with Gasteiger partial charge in [0.25, 0.3) is 0 Å². The van der Waals surface area contributed by atoms with Crippen LogP contribution in [-0.2, 0) is 9.31 Å². The van der Waals surface area contributed by atoms with E-state index < -0.39 is 0 Å². The summed E-state index contributed by atoms with van der Waals surface area (Å²) in [6, 6.07) is 0. The van der Waals surface area contributed by atoms with E-state index in [-0.39, 0.29) is 19.3 Å². The van der Waals surface area contributed by atoms with Crippen molar-refractivity contribution in [3.05, 3.63) is 18.4 Å². The summed E-state index contributed by atoms with van der Waals surface area (Å²) in [5.74, 6) is 0.